The molecule has 1 unspecified atom stereocenters. The summed E-state index contributed by atoms with van der Waals surface area (Å²) in [6, 6.07) is 2.98. The van der Waals surface area contributed by atoms with Gasteiger partial charge in [0.25, 0.3) is 0 Å². The van der Waals surface area contributed by atoms with E-state index in [1.54, 1.807) is 0 Å². The molecule has 2 aliphatic carbocycles. The minimum absolute atomic E-state index is 0.00506. The summed E-state index contributed by atoms with van der Waals surface area (Å²) in [4.78, 5) is 8.07. The number of nitrogens with two attached hydrogens (primary N) is 1. The Morgan fingerprint density at radius 1 is 1.29 bits per heavy atom. The maximum Gasteiger partial charge on any atom is 0.418 e. The van der Waals surface area contributed by atoms with Gasteiger partial charge in [0.05, 0.1) is 28.7 Å². The first-order valence-electron chi connectivity index (χ1n) is 11.6. The number of pyridine rings is 2. The highest BCUT2D eigenvalue weighted by Gasteiger charge is 2.56. The van der Waals surface area contributed by atoms with E-state index in [0.717, 1.165) is 32.0 Å². The van der Waals surface area contributed by atoms with Gasteiger partial charge in [-0.3, -0.25) is 0 Å². The lowest BCUT2D eigenvalue weighted by Crippen LogP contribution is -2.23. The van der Waals surface area contributed by atoms with E-state index in [1.165, 1.54) is 6.92 Å². The number of piperidine rings is 1. The molecule has 0 amide bonds. The van der Waals surface area contributed by atoms with Crippen molar-refractivity contribution in [1.82, 2.24) is 15.3 Å². The molecule has 2 aromatic rings. The van der Waals surface area contributed by atoms with Crippen molar-refractivity contribution in [3.8, 4) is 17.3 Å². The van der Waals surface area contributed by atoms with Crippen LogP contribution in [0.1, 0.15) is 41.8 Å². The summed E-state index contributed by atoms with van der Waals surface area (Å²) in [5, 5.41) is 24.5. The van der Waals surface area contributed by atoms with Gasteiger partial charge in [-0.2, -0.15) is 18.4 Å². The second kappa shape index (κ2) is 8.45. The maximum absolute atomic E-state index is 16.1. The average molecular weight is 488 g/mol. The summed E-state index contributed by atoms with van der Waals surface area (Å²) in [5.74, 6) is -0.632. The fourth-order valence-electron chi connectivity index (χ4n) is 5.26. The molecule has 3 heterocycles. The molecule has 0 spiro atoms. The zero-order valence-electron chi connectivity index (χ0n) is 19.1. The molecule has 5 N–H and O–H groups in total. The molecule has 0 radical (unpaired) electrons. The Morgan fingerprint density at radius 3 is 2.57 bits per heavy atom. The quantitative estimate of drug-likeness (QED) is 0.345. The largest absolute Gasteiger partial charge is 0.418 e. The molecule has 3 fully saturated rings. The Balaban J connectivity index is 1.72. The van der Waals surface area contributed by atoms with Gasteiger partial charge in [-0.1, -0.05) is 0 Å². The van der Waals surface area contributed by atoms with Gasteiger partial charge < -0.3 is 21.8 Å². The van der Waals surface area contributed by atoms with E-state index in [4.69, 9.17) is 11.1 Å². The first-order chi connectivity index (χ1) is 16.6. The number of aryl methyl sites for hydroxylation is 2. The van der Waals surface area contributed by atoms with E-state index in [0.29, 0.717) is 0 Å². The van der Waals surface area contributed by atoms with Crippen LogP contribution >= 0.6 is 0 Å². The third-order valence-corrected chi connectivity index (χ3v) is 7.07. The van der Waals surface area contributed by atoms with Crippen molar-refractivity contribution >= 4 is 17.2 Å². The number of rotatable bonds is 7. The number of hydrogen-bond donors (Lipinski definition) is 4. The van der Waals surface area contributed by atoms with E-state index in [1.807, 2.05) is 6.07 Å². The van der Waals surface area contributed by atoms with Crippen LogP contribution < -0.4 is 16.4 Å². The molecule has 5 rings (SSSR count). The predicted molar refractivity (Wildman–Crippen MR) is 122 cm³/mol. The van der Waals surface area contributed by atoms with Crippen LogP contribution in [0.5, 0.6) is 0 Å². The fraction of sp³-hybridized carbons (Fsp3) is 0.500. The SMILES string of the molecule is Cc1nc(N)cc(-c2nc(CCC#N)c(C(=N)C3[C@H]4CNC[C@@H]34)c(NC3CC3)c2F)c1C(F)(F)F. The summed E-state index contributed by atoms with van der Waals surface area (Å²) in [7, 11) is 0. The van der Waals surface area contributed by atoms with Crippen molar-refractivity contribution in [3.63, 3.8) is 0 Å². The van der Waals surface area contributed by atoms with Crippen LogP contribution in [0.3, 0.4) is 0 Å². The third-order valence-electron chi connectivity index (χ3n) is 7.07. The summed E-state index contributed by atoms with van der Waals surface area (Å²) >= 11 is 0. The van der Waals surface area contributed by atoms with Gasteiger partial charge >= 0.3 is 6.18 Å². The highest BCUT2D eigenvalue weighted by atomic mass is 19.4. The summed E-state index contributed by atoms with van der Waals surface area (Å²) in [6.45, 7) is 2.72. The number of fused-ring (bicyclic) bond motifs is 1. The second-order valence-electron chi connectivity index (χ2n) is 9.53. The lowest BCUT2D eigenvalue weighted by Gasteiger charge is -2.22. The molecule has 0 aromatic carbocycles. The van der Waals surface area contributed by atoms with Crippen molar-refractivity contribution in [2.75, 3.05) is 24.1 Å². The lowest BCUT2D eigenvalue weighted by atomic mass is 9.94. The summed E-state index contributed by atoms with van der Waals surface area (Å²) in [5.41, 5.74) is 4.03. The number of anilines is 2. The molecular weight excluding hydrogens is 462 g/mol. The number of nitrogens with zero attached hydrogens (tertiary/aromatic N) is 3. The lowest BCUT2D eigenvalue weighted by molar-refractivity contribution is -0.137. The number of hydrogen-bond acceptors (Lipinski definition) is 7. The van der Waals surface area contributed by atoms with Crippen LogP contribution in [0, 0.1) is 47.2 Å². The monoisotopic (exact) mass is 487 g/mol. The predicted octanol–water partition coefficient (Wildman–Crippen LogP) is 4.06. The summed E-state index contributed by atoms with van der Waals surface area (Å²) < 4.78 is 58.2. The van der Waals surface area contributed by atoms with Crippen molar-refractivity contribution in [1.29, 1.82) is 10.7 Å². The molecule has 0 bridgehead atoms. The Hall–Kier alpha value is -3.26. The topological polar surface area (TPSA) is 124 Å². The van der Waals surface area contributed by atoms with Crippen LogP contribution in [0.15, 0.2) is 6.07 Å². The molecule has 2 saturated carbocycles. The van der Waals surface area contributed by atoms with Gasteiger partial charge in [0, 0.05) is 41.6 Å². The van der Waals surface area contributed by atoms with E-state index in [9.17, 15) is 18.4 Å². The summed E-state index contributed by atoms with van der Waals surface area (Å²) in [6.07, 6.45) is -3.10. The van der Waals surface area contributed by atoms with Crippen LogP contribution in [0.25, 0.3) is 11.3 Å². The van der Waals surface area contributed by atoms with Gasteiger partial charge in [0.1, 0.15) is 11.5 Å². The van der Waals surface area contributed by atoms with Gasteiger partial charge in [-0.05, 0) is 50.8 Å². The number of alkyl halides is 3. The average Bonchev–Trinajstić information content (AvgIpc) is 3.68. The van der Waals surface area contributed by atoms with E-state index < -0.39 is 28.8 Å². The molecule has 2 aromatic heterocycles. The Kier molecular flexibility index (Phi) is 5.67. The number of nitriles is 1. The third kappa shape index (κ3) is 4.20. The fourth-order valence-corrected chi connectivity index (χ4v) is 5.26. The standard InChI is InChI=1S/C24H25F4N7/c1-10-19(24(26,27)28)12(7-16(30)33-10)22-20(25)23(34-11-4-5-11)18(15(35-22)3-2-6-29)21(31)17-13-8-32-9-14(13)17/h7,11,13-14,17,31-32H,2-5,8-9H2,1H3,(H2,30,33)(H,34,35)/t13-,14+,17?. The van der Waals surface area contributed by atoms with E-state index in [2.05, 4.69) is 20.6 Å². The number of aromatic nitrogens is 2. The molecule has 1 aliphatic heterocycles. The van der Waals surface area contributed by atoms with Gasteiger partial charge in [0.15, 0.2) is 5.82 Å². The highest BCUT2D eigenvalue weighted by molar-refractivity contribution is 6.08. The van der Waals surface area contributed by atoms with Gasteiger partial charge in [0.2, 0.25) is 0 Å². The Labute approximate surface area is 199 Å². The highest BCUT2D eigenvalue weighted by Crippen LogP contribution is 2.52. The van der Waals surface area contributed by atoms with Gasteiger partial charge in [-0.25, -0.2) is 14.4 Å². The van der Waals surface area contributed by atoms with Crippen LogP contribution in [-0.4, -0.2) is 34.8 Å². The van der Waals surface area contributed by atoms with Crippen LogP contribution in [0.4, 0.5) is 29.1 Å². The first kappa shape index (κ1) is 23.5. The van der Waals surface area contributed by atoms with Crippen LogP contribution in [0.2, 0.25) is 0 Å². The number of nitrogen functional groups attached to an aromatic ring is 1. The molecule has 7 nitrogen and oxygen atoms in total. The van der Waals surface area contributed by atoms with Crippen molar-refractivity contribution in [3.05, 3.63) is 34.4 Å². The van der Waals surface area contributed by atoms with Crippen LogP contribution in [-0.2, 0) is 12.6 Å². The molecule has 3 aliphatic rings. The normalized spacial score (nSPS) is 23.0. The molecular formula is C24H25F4N7. The zero-order valence-corrected chi connectivity index (χ0v) is 19.1. The number of nitrogens with one attached hydrogen (secondary N) is 3. The van der Waals surface area contributed by atoms with E-state index >= 15 is 4.39 Å². The Morgan fingerprint density at radius 2 is 1.97 bits per heavy atom. The van der Waals surface area contributed by atoms with Gasteiger partial charge in [-0.15, -0.1) is 0 Å². The molecule has 3 atom stereocenters. The van der Waals surface area contributed by atoms with Crippen molar-refractivity contribution in [2.24, 2.45) is 17.8 Å². The van der Waals surface area contributed by atoms with Crippen molar-refractivity contribution in [2.45, 2.75) is 44.8 Å². The van der Waals surface area contributed by atoms with E-state index in [-0.39, 0.29) is 70.8 Å². The smallest absolute Gasteiger partial charge is 0.384 e. The minimum Gasteiger partial charge on any atom is -0.384 e. The number of halogens is 4. The molecule has 35 heavy (non-hydrogen) atoms. The zero-order chi connectivity index (χ0) is 25.1. The Bertz CT molecular complexity index is 1240. The maximum atomic E-state index is 16.1. The molecule has 1 saturated heterocycles. The minimum atomic E-state index is -4.81. The second-order valence-corrected chi connectivity index (χ2v) is 9.53. The van der Waals surface area contributed by atoms with Crippen molar-refractivity contribution < 1.29 is 17.6 Å². The molecule has 11 heteroatoms. The molecule has 184 valence electrons. The first-order valence-corrected chi connectivity index (χ1v) is 11.6.